The normalized spacial score (nSPS) is 11.8. The van der Waals surface area contributed by atoms with Gasteiger partial charge in [0.1, 0.15) is 12.4 Å². The maximum atomic E-state index is 5.91. The van der Waals surface area contributed by atoms with Crippen molar-refractivity contribution in [2.24, 2.45) is 0 Å². The maximum absolute atomic E-state index is 5.91. The largest absolute Gasteiger partial charge is 0.419 e. The fourth-order valence-electron chi connectivity index (χ4n) is 2.50. The summed E-state index contributed by atoms with van der Waals surface area (Å²) >= 11 is 7.41. The molecule has 0 spiro atoms. The number of halogens is 1. The van der Waals surface area contributed by atoms with E-state index >= 15 is 0 Å². The molecule has 0 atom stereocenters. The van der Waals surface area contributed by atoms with Gasteiger partial charge in [-0.15, -0.1) is 21.5 Å². The quantitative estimate of drug-likeness (QED) is 0.533. The number of hydrogen-bond donors (Lipinski definition) is 0. The Morgan fingerprint density at radius 1 is 1.17 bits per heavy atom. The molecule has 0 N–H and O–H groups in total. The molecule has 5 nitrogen and oxygen atoms in total. The number of para-hydroxylation sites is 2. The Balaban J connectivity index is 1.56. The van der Waals surface area contributed by atoms with Crippen molar-refractivity contribution in [3.05, 3.63) is 63.2 Å². The van der Waals surface area contributed by atoms with Crippen molar-refractivity contribution in [2.75, 3.05) is 0 Å². The predicted molar refractivity (Wildman–Crippen MR) is 96.1 cm³/mol. The van der Waals surface area contributed by atoms with E-state index < -0.39 is 0 Å². The molecule has 4 rings (SSSR count). The molecule has 0 aliphatic rings. The SMILES string of the molecule is Cc1nc2ccccc2n1Cc1nnc(/C=C/c2ccc(Cl)s2)o1. The minimum Gasteiger partial charge on any atom is -0.419 e. The Labute approximate surface area is 147 Å². The van der Waals surface area contributed by atoms with Gasteiger partial charge in [-0.2, -0.15) is 0 Å². The summed E-state index contributed by atoms with van der Waals surface area (Å²) in [6, 6.07) is 11.8. The summed E-state index contributed by atoms with van der Waals surface area (Å²) in [6.45, 7) is 2.47. The first kappa shape index (κ1) is 15.1. The topological polar surface area (TPSA) is 56.7 Å². The zero-order chi connectivity index (χ0) is 16.5. The minimum absolute atomic E-state index is 0.469. The summed E-state index contributed by atoms with van der Waals surface area (Å²) in [5.41, 5.74) is 2.02. The second-order valence-corrected chi connectivity index (χ2v) is 6.99. The monoisotopic (exact) mass is 356 g/mol. The number of fused-ring (bicyclic) bond motifs is 1. The van der Waals surface area contributed by atoms with E-state index in [0.717, 1.165) is 26.1 Å². The summed E-state index contributed by atoms with van der Waals surface area (Å²) in [4.78, 5) is 5.58. The van der Waals surface area contributed by atoms with Crippen LogP contribution in [0.2, 0.25) is 4.34 Å². The van der Waals surface area contributed by atoms with Crippen molar-refractivity contribution in [1.82, 2.24) is 19.7 Å². The van der Waals surface area contributed by atoms with Crippen molar-refractivity contribution in [3.8, 4) is 0 Å². The van der Waals surface area contributed by atoms with E-state index in [1.54, 1.807) is 6.08 Å². The molecule has 0 amide bonds. The maximum Gasteiger partial charge on any atom is 0.240 e. The second-order valence-electron chi connectivity index (χ2n) is 5.24. The molecule has 3 heterocycles. The van der Waals surface area contributed by atoms with Gasteiger partial charge in [-0.05, 0) is 37.3 Å². The molecule has 0 fully saturated rings. The van der Waals surface area contributed by atoms with E-state index in [1.165, 1.54) is 11.3 Å². The second kappa shape index (κ2) is 6.22. The smallest absolute Gasteiger partial charge is 0.240 e. The Bertz CT molecular complexity index is 1030. The summed E-state index contributed by atoms with van der Waals surface area (Å²) in [7, 11) is 0. The molecule has 0 radical (unpaired) electrons. The third-order valence-corrected chi connectivity index (χ3v) is 4.80. The molecule has 0 unspecified atom stereocenters. The van der Waals surface area contributed by atoms with Crippen LogP contribution in [0.5, 0.6) is 0 Å². The van der Waals surface area contributed by atoms with Gasteiger partial charge >= 0.3 is 0 Å². The Hall–Kier alpha value is -2.44. The van der Waals surface area contributed by atoms with Gasteiger partial charge in [-0.3, -0.25) is 0 Å². The summed E-state index contributed by atoms with van der Waals surface area (Å²) in [6.07, 6.45) is 3.70. The highest BCUT2D eigenvalue weighted by Crippen LogP contribution is 2.23. The van der Waals surface area contributed by atoms with E-state index in [4.69, 9.17) is 16.0 Å². The molecule has 0 bridgehead atoms. The molecule has 120 valence electrons. The van der Waals surface area contributed by atoms with Crippen molar-refractivity contribution >= 4 is 46.1 Å². The van der Waals surface area contributed by atoms with Crippen LogP contribution in [0.15, 0.2) is 40.8 Å². The third-order valence-electron chi connectivity index (χ3n) is 3.61. The molecule has 0 aliphatic heterocycles. The van der Waals surface area contributed by atoms with Crippen LogP contribution in [0, 0.1) is 6.92 Å². The van der Waals surface area contributed by atoms with Gasteiger partial charge in [0.15, 0.2) is 0 Å². The lowest BCUT2D eigenvalue weighted by atomic mass is 10.3. The van der Waals surface area contributed by atoms with Crippen molar-refractivity contribution < 1.29 is 4.42 Å². The number of nitrogens with zero attached hydrogens (tertiary/aromatic N) is 4. The van der Waals surface area contributed by atoms with Gasteiger partial charge in [0.05, 0.1) is 15.4 Å². The average molecular weight is 357 g/mol. The molecule has 24 heavy (non-hydrogen) atoms. The Morgan fingerprint density at radius 3 is 2.88 bits per heavy atom. The fourth-order valence-corrected chi connectivity index (χ4v) is 3.46. The first-order valence-corrected chi connectivity index (χ1v) is 8.56. The van der Waals surface area contributed by atoms with Gasteiger partial charge < -0.3 is 8.98 Å². The standard InChI is InChI=1S/C17H13ClN4OS/c1-11-19-13-4-2-3-5-14(13)22(11)10-17-21-20-16(23-17)9-7-12-6-8-15(18)24-12/h2-9H,10H2,1H3/b9-7+. The number of hydrogen-bond acceptors (Lipinski definition) is 5. The minimum atomic E-state index is 0.469. The van der Waals surface area contributed by atoms with Gasteiger partial charge in [0.25, 0.3) is 0 Å². The van der Waals surface area contributed by atoms with Crippen LogP contribution in [0.4, 0.5) is 0 Å². The number of rotatable bonds is 4. The van der Waals surface area contributed by atoms with Crippen LogP contribution in [0.1, 0.15) is 22.5 Å². The highest BCUT2D eigenvalue weighted by Gasteiger charge is 2.11. The van der Waals surface area contributed by atoms with Crippen LogP contribution in [0.3, 0.4) is 0 Å². The number of thiophene rings is 1. The van der Waals surface area contributed by atoms with Crippen LogP contribution < -0.4 is 0 Å². The van der Waals surface area contributed by atoms with Crippen molar-refractivity contribution in [1.29, 1.82) is 0 Å². The summed E-state index contributed by atoms with van der Waals surface area (Å²) in [5, 5.41) is 8.18. The fraction of sp³-hybridized carbons (Fsp3) is 0.118. The van der Waals surface area contributed by atoms with Gasteiger partial charge in [-0.1, -0.05) is 23.7 Å². The molecule has 4 aromatic rings. The van der Waals surface area contributed by atoms with Gasteiger partial charge in [0, 0.05) is 11.0 Å². The molecule has 3 aromatic heterocycles. The first-order valence-electron chi connectivity index (χ1n) is 7.37. The third kappa shape index (κ3) is 2.98. The van der Waals surface area contributed by atoms with E-state index in [1.807, 2.05) is 49.4 Å². The highest BCUT2D eigenvalue weighted by atomic mass is 35.5. The molecule has 0 aliphatic carbocycles. The lowest BCUT2D eigenvalue weighted by Gasteiger charge is -2.02. The van der Waals surface area contributed by atoms with Crippen LogP contribution in [-0.2, 0) is 6.54 Å². The van der Waals surface area contributed by atoms with Crippen LogP contribution in [0.25, 0.3) is 23.2 Å². The van der Waals surface area contributed by atoms with Gasteiger partial charge in [-0.25, -0.2) is 4.98 Å². The summed E-state index contributed by atoms with van der Waals surface area (Å²) < 4.78 is 8.52. The molecule has 1 aromatic carbocycles. The first-order chi connectivity index (χ1) is 11.7. The van der Waals surface area contributed by atoms with E-state index in [0.29, 0.717) is 18.3 Å². The number of aryl methyl sites for hydroxylation is 1. The van der Waals surface area contributed by atoms with E-state index in [9.17, 15) is 0 Å². The number of benzene rings is 1. The van der Waals surface area contributed by atoms with Crippen LogP contribution >= 0.6 is 22.9 Å². The van der Waals surface area contributed by atoms with Crippen LogP contribution in [-0.4, -0.2) is 19.7 Å². The molecular weight excluding hydrogens is 344 g/mol. The molecule has 7 heteroatoms. The Kier molecular flexibility index (Phi) is 3.92. The van der Waals surface area contributed by atoms with E-state index in [2.05, 4.69) is 19.7 Å². The number of imidazole rings is 1. The van der Waals surface area contributed by atoms with Crippen molar-refractivity contribution in [3.63, 3.8) is 0 Å². The zero-order valence-corrected chi connectivity index (χ0v) is 14.4. The predicted octanol–water partition coefficient (Wildman–Crippen LogP) is 4.66. The van der Waals surface area contributed by atoms with E-state index in [-0.39, 0.29) is 0 Å². The molecule has 0 saturated heterocycles. The average Bonchev–Trinajstić information content (AvgIpc) is 3.26. The summed E-state index contributed by atoms with van der Waals surface area (Å²) in [5.74, 6) is 1.93. The number of aromatic nitrogens is 4. The lowest BCUT2D eigenvalue weighted by molar-refractivity contribution is 0.471. The molecule has 0 saturated carbocycles. The molecular formula is C17H13ClN4OS. The Morgan fingerprint density at radius 2 is 2.04 bits per heavy atom. The lowest BCUT2D eigenvalue weighted by Crippen LogP contribution is -2.02. The zero-order valence-electron chi connectivity index (χ0n) is 12.8. The highest BCUT2D eigenvalue weighted by molar-refractivity contribution is 7.17. The van der Waals surface area contributed by atoms with Crippen molar-refractivity contribution in [2.45, 2.75) is 13.5 Å². The van der Waals surface area contributed by atoms with Gasteiger partial charge in [0.2, 0.25) is 11.8 Å².